The highest BCUT2D eigenvalue weighted by molar-refractivity contribution is 9.10. The third-order valence-electron chi connectivity index (χ3n) is 3.11. The van der Waals surface area contributed by atoms with Crippen LogP contribution in [0, 0.1) is 21.8 Å². The lowest BCUT2D eigenvalue weighted by atomic mass is 10.1. The molecule has 21 heavy (non-hydrogen) atoms. The van der Waals surface area contributed by atoms with Crippen LogP contribution in [0.25, 0.3) is 10.4 Å². The zero-order chi connectivity index (χ0) is 15.6. The largest absolute Gasteiger partial charge is 0.306 e. The van der Waals surface area contributed by atoms with Crippen molar-refractivity contribution in [3.8, 4) is 0 Å². The molecule has 1 amide bonds. The van der Waals surface area contributed by atoms with Crippen LogP contribution in [0.3, 0.4) is 0 Å². The Kier molecular flexibility index (Phi) is 4.39. The van der Waals surface area contributed by atoms with Gasteiger partial charge in [-0.1, -0.05) is 5.11 Å². The molecule has 1 aromatic carbocycles. The van der Waals surface area contributed by atoms with Crippen LogP contribution < -0.4 is 4.90 Å². The summed E-state index contributed by atoms with van der Waals surface area (Å²) in [6.07, 6.45) is 0.105. The minimum absolute atomic E-state index is 0.0461. The normalized spacial score (nSPS) is 17.7. The van der Waals surface area contributed by atoms with Crippen molar-refractivity contribution in [3.63, 3.8) is 0 Å². The Morgan fingerprint density at radius 3 is 2.95 bits per heavy atom. The maximum Gasteiger partial charge on any atom is 0.294 e. The van der Waals surface area contributed by atoms with Gasteiger partial charge in [-0.3, -0.25) is 14.9 Å². The zero-order valence-corrected chi connectivity index (χ0v) is 12.2. The maximum atomic E-state index is 13.6. The molecule has 0 saturated carbocycles. The summed E-state index contributed by atoms with van der Waals surface area (Å²) in [5.74, 6) is -1.29. The van der Waals surface area contributed by atoms with Crippen molar-refractivity contribution in [2.45, 2.75) is 6.42 Å². The Labute approximate surface area is 126 Å². The number of hydrogen-bond donors (Lipinski definition) is 0. The van der Waals surface area contributed by atoms with Crippen LogP contribution in [0.15, 0.2) is 21.7 Å². The van der Waals surface area contributed by atoms with Gasteiger partial charge in [0.1, 0.15) is 11.5 Å². The number of rotatable bonds is 4. The van der Waals surface area contributed by atoms with Crippen LogP contribution in [-0.2, 0) is 4.79 Å². The van der Waals surface area contributed by atoms with E-state index in [0.717, 1.165) is 17.0 Å². The molecule has 0 bridgehead atoms. The molecule has 1 unspecified atom stereocenters. The summed E-state index contributed by atoms with van der Waals surface area (Å²) < 4.78 is 13.6. The first-order valence-corrected chi connectivity index (χ1v) is 6.68. The summed E-state index contributed by atoms with van der Waals surface area (Å²) in [7, 11) is 0. The summed E-state index contributed by atoms with van der Waals surface area (Å²) in [4.78, 5) is 26.1. The number of halogens is 2. The number of nitro benzene ring substituents is 1. The van der Waals surface area contributed by atoms with E-state index in [2.05, 4.69) is 26.0 Å². The van der Waals surface area contributed by atoms with Crippen LogP contribution >= 0.6 is 15.9 Å². The molecule has 0 aliphatic carbocycles. The van der Waals surface area contributed by atoms with E-state index < -0.39 is 10.7 Å². The van der Waals surface area contributed by atoms with Gasteiger partial charge in [-0.2, -0.15) is 0 Å². The SMILES string of the molecule is [N-]=[N+]=NCC1CC(=O)N(c2cc(F)c(Br)cc2[N+](=O)[O-])C1. The molecule has 2 rings (SSSR count). The van der Waals surface area contributed by atoms with Crippen LogP contribution in [0.2, 0.25) is 0 Å². The highest BCUT2D eigenvalue weighted by atomic mass is 79.9. The number of nitrogens with zero attached hydrogens (tertiary/aromatic N) is 5. The molecule has 1 aliphatic rings. The van der Waals surface area contributed by atoms with Crippen LogP contribution in [-0.4, -0.2) is 23.9 Å². The molecule has 1 atom stereocenters. The monoisotopic (exact) mass is 357 g/mol. The quantitative estimate of drug-likeness (QED) is 0.271. The van der Waals surface area contributed by atoms with Gasteiger partial charge in [0.25, 0.3) is 5.69 Å². The van der Waals surface area contributed by atoms with Gasteiger partial charge in [-0.15, -0.1) is 0 Å². The van der Waals surface area contributed by atoms with Crippen molar-refractivity contribution in [1.29, 1.82) is 0 Å². The summed E-state index contributed by atoms with van der Waals surface area (Å²) in [6.45, 7) is 0.269. The second kappa shape index (κ2) is 6.06. The van der Waals surface area contributed by atoms with Gasteiger partial charge < -0.3 is 4.90 Å². The first-order chi connectivity index (χ1) is 9.93. The van der Waals surface area contributed by atoms with E-state index in [0.29, 0.717) is 0 Å². The fourth-order valence-electron chi connectivity index (χ4n) is 2.18. The van der Waals surface area contributed by atoms with E-state index in [1.54, 1.807) is 0 Å². The van der Waals surface area contributed by atoms with Crippen molar-refractivity contribution in [2.24, 2.45) is 11.0 Å². The lowest BCUT2D eigenvalue weighted by Gasteiger charge is -2.17. The average molecular weight is 358 g/mol. The molecule has 1 aliphatic heterocycles. The van der Waals surface area contributed by atoms with Crippen LogP contribution in [0.1, 0.15) is 6.42 Å². The molecular formula is C11H9BrFN5O3. The number of anilines is 1. The summed E-state index contributed by atoms with van der Waals surface area (Å²) in [6, 6.07) is 1.98. The molecule has 1 aromatic rings. The molecular weight excluding hydrogens is 349 g/mol. The Hall–Kier alpha value is -2.19. The average Bonchev–Trinajstić information content (AvgIpc) is 2.80. The number of carbonyl (C=O) groups is 1. The number of benzene rings is 1. The van der Waals surface area contributed by atoms with Crippen molar-refractivity contribution in [1.82, 2.24) is 0 Å². The Bertz CT molecular complexity index is 662. The number of carbonyl (C=O) groups excluding carboxylic acids is 1. The Balaban J connectivity index is 2.37. The molecule has 10 heteroatoms. The van der Waals surface area contributed by atoms with Gasteiger partial charge in [0.2, 0.25) is 5.91 Å². The third-order valence-corrected chi connectivity index (χ3v) is 3.72. The van der Waals surface area contributed by atoms with E-state index >= 15 is 0 Å². The summed E-state index contributed by atoms with van der Waals surface area (Å²) >= 11 is 2.88. The van der Waals surface area contributed by atoms with E-state index in [9.17, 15) is 19.3 Å². The second-order valence-corrected chi connectivity index (χ2v) is 5.35. The van der Waals surface area contributed by atoms with Crippen molar-refractivity contribution in [2.75, 3.05) is 18.0 Å². The smallest absolute Gasteiger partial charge is 0.294 e. The first-order valence-electron chi connectivity index (χ1n) is 5.88. The molecule has 1 fully saturated rings. The summed E-state index contributed by atoms with van der Waals surface area (Å²) in [5, 5.41) is 14.5. The highest BCUT2D eigenvalue weighted by Gasteiger charge is 2.34. The van der Waals surface area contributed by atoms with Crippen LogP contribution in [0.5, 0.6) is 0 Å². The lowest BCUT2D eigenvalue weighted by molar-refractivity contribution is -0.384. The van der Waals surface area contributed by atoms with Gasteiger partial charge in [0, 0.05) is 36.6 Å². The molecule has 0 aromatic heterocycles. The Morgan fingerprint density at radius 1 is 1.62 bits per heavy atom. The topological polar surface area (TPSA) is 112 Å². The second-order valence-electron chi connectivity index (χ2n) is 4.50. The number of azide groups is 1. The highest BCUT2D eigenvalue weighted by Crippen LogP contribution is 2.36. The van der Waals surface area contributed by atoms with E-state index in [4.69, 9.17) is 5.53 Å². The Morgan fingerprint density at radius 2 is 2.33 bits per heavy atom. The zero-order valence-electron chi connectivity index (χ0n) is 10.6. The van der Waals surface area contributed by atoms with E-state index in [1.165, 1.54) is 0 Å². The molecule has 0 N–H and O–H groups in total. The molecule has 1 heterocycles. The standard InChI is InChI=1S/C11H9BrFN5O3/c12-7-2-10(18(20)21)9(3-8(7)13)17-5-6(1-11(17)19)4-15-16-14/h2-3,6H,1,4-5H2. The van der Waals surface area contributed by atoms with Gasteiger partial charge >= 0.3 is 0 Å². The van der Waals surface area contributed by atoms with E-state index in [1.807, 2.05) is 0 Å². The van der Waals surface area contributed by atoms with Crippen molar-refractivity contribution < 1.29 is 14.1 Å². The number of amides is 1. The van der Waals surface area contributed by atoms with Crippen molar-refractivity contribution in [3.05, 3.63) is 43.0 Å². The predicted octanol–water partition coefficient (Wildman–Crippen LogP) is 3.16. The first kappa shape index (κ1) is 15.2. The fourth-order valence-corrected chi connectivity index (χ4v) is 2.51. The third kappa shape index (κ3) is 3.11. The lowest BCUT2D eigenvalue weighted by Crippen LogP contribution is -2.25. The van der Waals surface area contributed by atoms with Gasteiger partial charge in [0.15, 0.2) is 0 Å². The maximum absolute atomic E-state index is 13.6. The number of nitro groups is 1. The molecule has 1 saturated heterocycles. The minimum Gasteiger partial charge on any atom is -0.306 e. The van der Waals surface area contributed by atoms with E-state index in [-0.39, 0.29) is 47.2 Å². The molecule has 8 nitrogen and oxygen atoms in total. The van der Waals surface area contributed by atoms with Gasteiger partial charge in [0.05, 0.1) is 9.40 Å². The molecule has 0 spiro atoms. The molecule has 0 radical (unpaired) electrons. The molecule has 110 valence electrons. The van der Waals surface area contributed by atoms with Crippen LogP contribution in [0.4, 0.5) is 15.8 Å². The minimum atomic E-state index is -0.693. The number of hydrogen-bond acceptors (Lipinski definition) is 4. The van der Waals surface area contributed by atoms with Gasteiger partial charge in [-0.25, -0.2) is 4.39 Å². The van der Waals surface area contributed by atoms with Gasteiger partial charge in [-0.05, 0) is 27.4 Å². The fraction of sp³-hybridized carbons (Fsp3) is 0.364. The van der Waals surface area contributed by atoms with Crippen molar-refractivity contribution >= 4 is 33.2 Å². The predicted molar refractivity (Wildman–Crippen MR) is 75.2 cm³/mol. The summed E-state index contributed by atoms with van der Waals surface area (Å²) in [5.41, 5.74) is 7.83.